The summed E-state index contributed by atoms with van der Waals surface area (Å²) in [4.78, 5) is 24.2. The Bertz CT molecular complexity index is 1020. The van der Waals surface area contributed by atoms with E-state index in [9.17, 15) is 9.59 Å². The van der Waals surface area contributed by atoms with Crippen LogP contribution < -0.4 is 20.5 Å². The number of amides is 1. The first-order valence-corrected chi connectivity index (χ1v) is 8.75. The Balaban J connectivity index is 1.71. The van der Waals surface area contributed by atoms with Crippen LogP contribution in [0, 0.1) is 0 Å². The molecular formula is C19H19ClN2O5. The van der Waals surface area contributed by atoms with Crippen molar-refractivity contribution in [1.82, 2.24) is 9.88 Å². The van der Waals surface area contributed by atoms with Gasteiger partial charge in [0.2, 0.25) is 5.91 Å². The van der Waals surface area contributed by atoms with Gasteiger partial charge in [0, 0.05) is 6.54 Å². The van der Waals surface area contributed by atoms with E-state index in [1.165, 1.54) is 11.7 Å². The number of nitrogens with zero attached hydrogens (tertiary/aromatic N) is 1. The van der Waals surface area contributed by atoms with E-state index in [-0.39, 0.29) is 19.0 Å². The predicted octanol–water partition coefficient (Wildman–Crippen LogP) is 2.97. The average Bonchev–Trinajstić information content (AvgIpc) is 2.97. The van der Waals surface area contributed by atoms with E-state index in [0.717, 1.165) is 5.56 Å². The number of oxazole rings is 1. The minimum atomic E-state index is -0.572. The van der Waals surface area contributed by atoms with Crippen molar-refractivity contribution in [2.24, 2.45) is 0 Å². The Morgan fingerprint density at radius 2 is 2.07 bits per heavy atom. The molecule has 0 unspecified atom stereocenters. The van der Waals surface area contributed by atoms with Crippen LogP contribution in [0.4, 0.5) is 0 Å². The Morgan fingerprint density at radius 3 is 2.81 bits per heavy atom. The van der Waals surface area contributed by atoms with Crippen LogP contribution in [-0.4, -0.2) is 24.2 Å². The molecule has 1 amide bonds. The molecule has 1 heterocycles. The van der Waals surface area contributed by atoms with Crippen LogP contribution in [0.2, 0.25) is 5.02 Å². The van der Waals surface area contributed by atoms with Crippen LogP contribution in [0.25, 0.3) is 11.1 Å². The van der Waals surface area contributed by atoms with E-state index >= 15 is 0 Å². The number of ether oxygens (including phenoxy) is 2. The number of methoxy groups -OCH3 is 1. The highest BCUT2D eigenvalue weighted by Crippen LogP contribution is 2.36. The van der Waals surface area contributed by atoms with E-state index in [1.807, 2.05) is 6.92 Å². The topological polar surface area (TPSA) is 82.7 Å². The van der Waals surface area contributed by atoms with E-state index in [0.29, 0.717) is 34.2 Å². The highest BCUT2D eigenvalue weighted by Gasteiger charge is 2.14. The molecule has 2 aromatic carbocycles. The molecule has 0 spiro atoms. The highest BCUT2D eigenvalue weighted by atomic mass is 35.5. The number of para-hydroxylation sites is 2. The van der Waals surface area contributed by atoms with Gasteiger partial charge in [0.05, 0.1) is 24.3 Å². The molecule has 0 bridgehead atoms. The van der Waals surface area contributed by atoms with Gasteiger partial charge in [0.15, 0.2) is 17.1 Å². The van der Waals surface area contributed by atoms with Crippen LogP contribution in [0.5, 0.6) is 11.5 Å². The molecule has 0 radical (unpaired) electrons. The van der Waals surface area contributed by atoms with Gasteiger partial charge in [-0.1, -0.05) is 23.7 Å². The molecule has 0 aliphatic heterocycles. The molecule has 0 saturated heterocycles. The van der Waals surface area contributed by atoms with Gasteiger partial charge in [-0.25, -0.2) is 4.79 Å². The lowest BCUT2D eigenvalue weighted by Gasteiger charge is -2.13. The molecular weight excluding hydrogens is 372 g/mol. The summed E-state index contributed by atoms with van der Waals surface area (Å²) < 4.78 is 17.2. The Hall–Kier alpha value is -2.93. The van der Waals surface area contributed by atoms with Gasteiger partial charge in [-0.2, -0.15) is 0 Å². The van der Waals surface area contributed by atoms with Crippen LogP contribution in [0.3, 0.4) is 0 Å². The van der Waals surface area contributed by atoms with Gasteiger partial charge < -0.3 is 19.2 Å². The molecule has 27 heavy (non-hydrogen) atoms. The summed E-state index contributed by atoms with van der Waals surface area (Å²) in [6.45, 7) is 2.40. The van der Waals surface area contributed by atoms with E-state index < -0.39 is 5.76 Å². The number of benzene rings is 2. The largest absolute Gasteiger partial charge is 0.493 e. The first-order valence-electron chi connectivity index (χ1n) is 8.37. The molecule has 7 nitrogen and oxygen atoms in total. The fourth-order valence-electron chi connectivity index (χ4n) is 2.72. The van der Waals surface area contributed by atoms with Gasteiger partial charge in [0.25, 0.3) is 0 Å². The maximum Gasteiger partial charge on any atom is 0.420 e. The maximum absolute atomic E-state index is 12.3. The normalized spacial score (nSPS) is 10.8. The minimum absolute atomic E-state index is 0.141. The van der Waals surface area contributed by atoms with Crippen LogP contribution in [0.15, 0.2) is 45.6 Å². The molecule has 0 aliphatic carbocycles. The van der Waals surface area contributed by atoms with Crippen molar-refractivity contribution < 1.29 is 18.7 Å². The van der Waals surface area contributed by atoms with Crippen LogP contribution in [0.1, 0.15) is 12.5 Å². The third-order valence-corrected chi connectivity index (χ3v) is 4.22. The van der Waals surface area contributed by atoms with Crippen molar-refractivity contribution in [3.05, 3.63) is 57.5 Å². The fraction of sp³-hybridized carbons (Fsp3) is 0.263. The summed E-state index contributed by atoms with van der Waals surface area (Å²) in [5, 5.41) is 3.16. The van der Waals surface area contributed by atoms with Crippen molar-refractivity contribution in [3.8, 4) is 11.5 Å². The van der Waals surface area contributed by atoms with E-state index in [4.69, 9.17) is 25.5 Å². The molecule has 8 heteroatoms. The smallest absolute Gasteiger partial charge is 0.420 e. The summed E-state index contributed by atoms with van der Waals surface area (Å²) in [5.74, 6) is 0.0589. The second-order valence-corrected chi connectivity index (χ2v) is 6.15. The molecule has 0 fully saturated rings. The summed E-state index contributed by atoms with van der Waals surface area (Å²) in [6.07, 6.45) is 0. The molecule has 0 aliphatic rings. The lowest BCUT2D eigenvalue weighted by Crippen LogP contribution is -2.30. The van der Waals surface area contributed by atoms with Gasteiger partial charge >= 0.3 is 5.76 Å². The SMILES string of the molecule is CCOc1c(Cl)cc(CNC(=O)Cn2c(=O)oc3ccccc32)cc1OC. The number of carbonyl (C=O) groups excluding carboxylic acids is 1. The van der Waals surface area contributed by atoms with Crippen molar-refractivity contribution in [2.75, 3.05) is 13.7 Å². The Morgan fingerprint density at radius 1 is 1.30 bits per heavy atom. The van der Waals surface area contributed by atoms with E-state index in [2.05, 4.69) is 5.32 Å². The summed E-state index contributed by atoms with van der Waals surface area (Å²) >= 11 is 6.23. The van der Waals surface area contributed by atoms with Crippen LogP contribution in [-0.2, 0) is 17.9 Å². The summed E-state index contributed by atoms with van der Waals surface area (Å²) in [5.41, 5.74) is 1.76. The molecule has 0 atom stereocenters. The first kappa shape index (κ1) is 18.8. The van der Waals surface area contributed by atoms with Gasteiger partial charge in [-0.15, -0.1) is 0 Å². The quantitative estimate of drug-likeness (QED) is 0.670. The van der Waals surface area contributed by atoms with Gasteiger partial charge in [-0.3, -0.25) is 9.36 Å². The van der Waals surface area contributed by atoms with Gasteiger partial charge in [-0.05, 0) is 36.8 Å². The lowest BCUT2D eigenvalue weighted by atomic mass is 10.2. The Kier molecular flexibility index (Phi) is 5.71. The summed E-state index contributed by atoms with van der Waals surface area (Å²) in [6, 6.07) is 10.4. The second kappa shape index (κ2) is 8.18. The molecule has 1 N–H and O–H groups in total. The molecule has 3 rings (SSSR count). The number of hydrogen-bond donors (Lipinski definition) is 1. The van der Waals surface area contributed by atoms with Crippen LogP contribution >= 0.6 is 11.6 Å². The van der Waals surface area contributed by atoms with Crippen molar-refractivity contribution in [2.45, 2.75) is 20.0 Å². The number of halogens is 1. The third-order valence-electron chi connectivity index (χ3n) is 3.94. The van der Waals surface area contributed by atoms with Crippen molar-refractivity contribution in [3.63, 3.8) is 0 Å². The monoisotopic (exact) mass is 390 g/mol. The number of fused-ring (bicyclic) bond motifs is 1. The molecule has 3 aromatic rings. The molecule has 142 valence electrons. The molecule has 1 aromatic heterocycles. The summed E-state index contributed by atoms with van der Waals surface area (Å²) in [7, 11) is 1.52. The van der Waals surface area contributed by atoms with Gasteiger partial charge in [0.1, 0.15) is 6.54 Å². The minimum Gasteiger partial charge on any atom is -0.493 e. The van der Waals surface area contributed by atoms with Crippen molar-refractivity contribution in [1.29, 1.82) is 0 Å². The molecule has 0 saturated carbocycles. The predicted molar refractivity (Wildman–Crippen MR) is 101 cm³/mol. The highest BCUT2D eigenvalue weighted by molar-refractivity contribution is 6.32. The first-order chi connectivity index (χ1) is 13.0. The van der Waals surface area contributed by atoms with E-state index in [1.54, 1.807) is 36.4 Å². The average molecular weight is 391 g/mol. The number of aromatic nitrogens is 1. The lowest BCUT2D eigenvalue weighted by molar-refractivity contribution is -0.121. The zero-order chi connectivity index (χ0) is 19.4. The zero-order valence-electron chi connectivity index (χ0n) is 15.0. The Labute approximate surface area is 160 Å². The number of nitrogens with one attached hydrogen (secondary N) is 1. The maximum atomic E-state index is 12.3. The number of carbonyl (C=O) groups is 1. The second-order valence-electron chi connectivity index (χ2n) is 5.74. The zero-order valence-corrected chi connectivity index (χ0v) is 15.7. The fourth-order valence-corrected chi connectivity index (χ4v) is 3.01. The number of rotatable bonds is 7. The van der Waals surface area contributed by atoms with Crippen molar-refractivity contribution >= 4 is 28.6 Å². The number of hydrogen-bond acceptors (Lipinski definition) is 5. The third kappa shape index (κ3) is 4.09. The standard InChI is InChI=1S/C19H19ClN2O5/c1-3-26-18-13(20)8-12(9-16(18)25-2)10-21-17(23)11-22-14-6-4-5-7-15(14)27-19(22)24/h4-9H,3,10-11H2,1-2H3,(H,21,23).